The van der Waals surface area contributed by atoms with Gasteiger partial charge < -0.3 is 15.8 Å². The topological polar surface area (TPSA) is 64.3 Å². The van der Waals surface area contributed by atoms with Crippen LogP contribution in [0.25, 0.3) is 0 Å². The summed E-state index contributed by atoms with van der Waals surface area (Å²) in [7, 11) is 0. The van der Waals surface area contributed by atoms with Crippen LogP contribution in [0, 0.1) is 0 Å². The average Bonchev–Trinajstić information content (AvgIpc) is 2.35. The molecule has 0 fully saturated rings. The Bertz CT molecular complexity index is 445. The Morgan fingerprint density at radius 1 is 1.33 bits per heavy atom. The molecule has 1 unspecified atom stereocenters. The molecule has 0 spiro atoms. The van der Waals surface area contributed by atoms with Crippen LogP contribution in [0.1, 0.15) is 25.3 Å². The number of alkyl halides is 3. The molecule has 0 aliphatic carbocycles. The van der Waals surface area contributed by atoms with Crippen molar-refractivity contribution in [2.75, 3.05) is 6.54 Å². The molecule has 4 nitrogen and oxygen atoms in total. The molecule has 0 radical (unpaired) electrons. The van der Waals surface area contributed by atoms with Gasteiger partial charge in [-0.25, -0.2) is 0 Å². The van der Waals surface area contributed by atoms with Gasteiger partial charge in [0.25, 0.3) is 0 Å². The molecule has 1 atom stereocenters. The molecule has 0 aliphatic heterocycles. The van der Waals surface area contributed by atoms with Gasteiger partial charge >= 0.3 is 6.36 Å². The highest BCUT2D eigenvalue weighted by molar-refractivity contribution is 5.76. The number of carbonyl (C=O) groups excluding carboxylic acids is 1. The van der Waals surface area contributed by atoms with Gasteiger partial charge in [0.15, 0.2) is 0 Å². The van der Waals surface area contributed by atoms with Gasteiger partial charge in [0.1, 0.15) is 5.75 Å². The van der Waals surface area contributed by atoms with Crippen LogP contribution >= 0.6 is 0 Å². The maximum absolute atomic E-state index is 12.0. The van der Waals surface area contributed by atoms with E-state index < -0.39 is 6.36 Å². The first-order valence-electron chi connectivity index (χ1n) is 6.63. The van der Waals surface area contributed by atoms with Crippen molar-refractivity contribution in [3.8, 4) is 5.75 Å². The highest BCUT2D eigenvalue weighted by atomic mass is 19.4. The Morgan fingerprint density at radius 3 is 2.48 bits per heavy atom. The lowest BCUT2D eigenvalue weighted by Gasteiger charge is -2.09. The predicted octanol–water partition coefficient (Wildman–Crippen LogP) is 2.37. The monoisotopic (exact) mass is 304 g/mol. The zero-order valence-corrected chi connectivity index (χ0v) is 11.7. The van der Waals surface area contributed by atoms with Crippen molar-refractivity contribution in [1.82, 2.24) is 5.32 Å². The first-order chi connectivity index (χ1) is 9.76. The minimum atomic E-state index is -4.69. The second-order valence-corrected chi connectivity index (χ2v) is 4.81. The molecule has 1 aromatic carbocycles. The van der Waals surface area contributed by atoms with Gasteiger partial charge in [0.05, 0.1) is 0 Å². The summed E-state index contributed by atoms with van der Waals surface area (Å²) >= 11 is 0. The summed E-state index contributed by atoms with van der Waals surface area (Å²) in [5, 5.41) is 2.73. The predicted molar refractivity (Wildman–Crippen MR) is 72.7 cm³/mol. The van der Waals surface area contributed by atoms with E-state index in [0.29, 0.717) is 19.4 Å². The fourth-order valence-electron chi connectivity index (χ4n) is 1.64. The molecular formula is C14H19F3N2O2. The molecule has 1 amide bonds. The van der Waals surface area contributed by atoms with Crippen LogP contribution in [0.15, 0.2) is 24.3 Å². The van der Waals surface area contributed by atoms with Gasteiger partial charge in [-0.05, 0) is 37.5 Å². The van der Waals surface area contributed by atoms with E-state index in [1.807, 2.05) is 6.92 Å². The lowest BCUT2D eigenvalue weighted by Crippen LogP contribution is -2.29. The van der Waals surface area contributed by atoms with E-state index >= 15 is 0 Å². The first kappa shape index (κ1) is 17.3. The Hall–Kier alpha value is -1.76. The van der Waals surface area contributed by atoms with Crippen LogP contribution in [0.4, 0.5) is 13.2 Å². The van der Waals surface area contributed by atoms with Crippen LogP contribution in [-0.2, 0) is 11.2 Å². The molecule has 0 saturated carbocycles. The molecule has 1 aromatic rings. The molecule has 1 rings (SSSR count). The summed E-state index contributed by atoms with van der Waals surface area (Å²) in [5.41, 5.74) is 6.33. The van der Waals surface area contributed by atoms with Crippen molar-refractivity contribution < 1.29 is 22.7 Å². The summed E-state index contributed by atoms with van der Waals surface area (Å²) < 4.78 is 39.7. The number of aryl methyl sites for hydroxylation is 1. The summed E-state index contributed by atoms with van der Waals surface area (Å²) in [6, 6.07) is 5.52. The van der Waals surface area contributed by atoms with Crippen molar-refractivity contribution >= 4 is 5.91 Å². The number of amides is 1. The Morgan fingerprint density at radius 2 is 1.95 bits per heavy atom. The minimum Gasteiger partial charge on any atom is -0.406 e. The van der Waals surface area contributed by atoms with Gasteiger partial charge in [-0.1, -0.05) is 12.1 Å². The SMILES string of the molecule is CC(N)CCNC(=O)CCc1ccc(OC(F)(F)F)cc1. The fourth-order valence-corrected chi connectivity index (χ4v) is 1.64. The van der Waals surface area contributed by atoms with E-state index in [-0.39, 0.29) is 24.1 Å². The minimum absolute atomic E-state index is 0.0338. The molecule has 118 valence electrons. The largest absolute Gasteiger partial charge is 0.573 e. The molecular weight excluding hydrogens is 285 g/mol. The van der Waals surface area contributed by atoms with E-state index in [1.165, 1.54) is 24.3 Å². The molecule has 0 aromatic heterocycles. The first-order valence-corrected chi connectivity index (χ1v) is 6.63. The van der Waals surface area contributed by atoms with Gasteiger partial charge in [0.2, 0.25) is 5.91 Å². The van der Waals surface area contributed by atoms with Gasteiger partial charge in [-0.3, -0.25) is 4.79 Å². The van der Waals surface area contributed by atoms with Crippen LogP contribution in [0.2, 0.25) is 0 Å². The van der Waals surface area contributed by atoms with Crippen molar-refractivity contribution in [3.05, 3.63) is 29.8 Å². The van der Waals surface area contributed by atoms with Crippen molar-refractivity contribution in [2.24, 2.45) is 5.73 Å². The highest BCUT2D eigenvalue weighted by Crippen LogP contribution is 2.22. The molecule has 7 heteroatoms. The smallest absolute Gasteiger partial charge is 0.406 e. The number of hydrogen-bond acceptors (Lipinski definition) is 3. The standard InChI is InChI=1S/C14H19F3N2O2/c1-10(18)8-9-19-13(20)7-4-11-2-5-12(6-3-11)21-14(15,16)17/h2-3,5-6,10H,4,7-9,18H2,1H3,(H,19,20). The van der Waals surface area contributed by atoms with Gasteiger partial charge in [-0.2, -0.15) is 0 Å². The number of rotatable bonds is 7. The van der Waals surface area contributed by atoms with E-state index in [1.54, 1.807) is 0 Å². The highest BCUT2D eigenvalue weighted by Gasteiger charge is 2.30. The molecule has 0 heterocycles. The normalized spacial score (nSPS) is 12.8. The van der Waals surface area contributed by atoms with Gasteiger partial charge in [-0.15, -0.1) is 13.2 Å². The number of halogens is 3. The van der Waals surface area contributed by atoms with Crippen LogP contribution in [-0.4, -0.2) is 24.9 Å². The summed E-state index contributed by atoms with van der Waals surface area (Å²) in [6.45, 7) is 2.38. The van der Waals surface area contributed by atoms with Crippen LogP contribution < -0.4 is 15.8 Å². The number of benzene rings is 1. The molecule has 3 N–H and O–H groups in total. The van der Waals surface area contributed by atoms with E-state index in [0.717, 1.165) is 5.56 Å². The lowest BCUT2D eigenvalue weighted by molar-refractivity contribution is -0.274. The van der Waals surface area contributed by atoms with Crippen molar-refractivity contribution in [3.63, 3.8) is 0 Å². The van der Waals surface area contributed by atoms with E-state index in [9.17, 15) is 18.0 Å². The number of ether oxygens (including phenoxy) is 1. The Kier molecular flexibility index (Phi) is 6.48. The second-order valence-electron chi connectivity index (χ2n) is 4.81. The quantitative estimate of drug-likeness (QED) is 0.813. The zero-order valence-electron chi connectivity index (χ0n) is 11.7. The zero-order chi connectivity index (χ0) is 15.9. The fraction of sp³-hybridized carbons (Fsp3) is 0.500. The van der Waals surface area contributed by atoms with E-state index in [4.69, 9.17) is 5.73 Å². The number of hydrogen-bond donors (Lipinski definition) is 2. The third-order valence-electron chi connectivity index (χ3n) is 2.72. The number of nitrogens with two attached hydrogens (primary N) is 1. The average molecular weight is 304 g/mol. The molecule has 0 bridgehead atoms. The second kappa shape index (κ2) is 7.87. The maximum atomic E-state index is 12.0. The Labute approximate surface area is 121 Å². The van der Waals surface area contributed by atoms with Crippen molar-refractivity contribution in [2.45, 2.75) is 38.6 Å². The lowest BCUT2D eigenvalue weighted by atomic mass is 10.1. The third kappa shape index (κ3) is 8.19. The molecule has 0 saturated heterocycles. The Balaban J connectivity index is 2.34. The maximum Gasteiger partial charge on any atom is 0.573 e. The van der Waals surface area contributed by atoms with Crippen LogP contribution in [0.3, 0.4) is 0 Å². The summed E-state index contributed by atoms with van der Waals surface area (Å²) in [5.74, 6) is -0.376. The van der Waals surface area contributed by atoms with E-state index in [2.05, 4.69) is 10.1 Å². The van der Waals surface area contributed by atoms with Crippen molar-refractivity contribution in [1.29, 1.82) is 0 Å². The van der Waals surface area contributed by atoms with Gasteiger partial charge in [0, 0.05) is 19.0 Å². The molecule has 21 heavy (non-hydrogen) atoms. The molecule has 0 aliphatic rings. The summed E-state index contributed by atoms with van der Waals surface area (Å²) in [6.07, 6.45) is -3.26. The summed E-state index contributed by atoms with van der Waals surface area (Å²) in [4.78, 5) is 11.5. The number of nitrogens with one attached hydrogen (secondary N) is 1. The third-order valence-corrected chi connectivity index (χ3v) is 2.72. The number of carbonyl (C=O) groups is 1. The van der Waals surface area contributed by atoms with Crippen LogP contribution in [0.5, 0.6) is 5.75 Å².